The minimum atomic E-state index is -4.41. The number of hydrogen-bond acceptors (Lipinski definition) is 11. The Morgan fingerprint density at radius 3 is 1.11 bits per heavy atom. The molecule has 0 saturated heterocycles. The third-order valence-electron chi connectivity index (χ3n) is 0.651. The normalized spacial score (nSPS) is 11.1. The first-order valence-electron chi connectivity index (χ1n) is 3.53. The molecule has 14 heteroatoms. The van der Waals surface area contributed by atoms with E-state index in [0.29, 0.717) is 6.26 Å². The van der Waals surface area contributed by atoms with Crippen LogP contribution in [-0.4, -0.2) is 53.5 Å². The summed E-state index contributed by atoms with van der Waals surface area (Å²) in [5.74, 6) is 0. The van der Waals surface area contributed by atoms with E-state index in [2.05, 4.69) is 13.2 Å². The van der Waals surface area contributed by atoms with E-state index in [-0.39, 0.29) is 7.43 Å². The molecule has 11 nitrogen and oxygen atoms in total. The van der Waals surface area contributed by atoms with Crippen LogP contribution in [0.15, 0.2) is 0 Å². The molecule has 0 rings (SSSR count). The molecule has 0 heterocycles. The highest BCUT2D eigenvalue weighted by molar-refractivity contribution is 7.84. The lowest BCUT2D eigenvalue weighted by Gasteiger charge is -2.16. The summed E-state index contributed by atoms with van der Waals surface area (Å²) in [5, 5.41) is 0. The van der Waals surface area contributed by atoms with Gasteiger partial charge in [-0.3, -0.25) is 8.75 Å². The van der Waals surface area contributed by atoms with Crippen molar-refractivity contribution < 1.29 is 48.6 Å². The molecule has 0 amide bonds. The summed E-state index contributed by atoms with van der Waals surface area (Å²) < 4.78 is 75.9. The van der Waals surface area contributed by atoms with Crippen LogP contribution in [0.4, 0.5) is 0 Å². The van der Waals surface area contributed by atoms with Crippen LogP contribution in [0.2, 0.25) is 0 Å². The van der Waals surface area contributed by atoms with Crippen molar-refractivity contribution in [1.82, 2.24) is 0 Å². The van der Waals surface area contributed by atoms with Crippen molar-refractivity contribution in [1.29, 1.82) is 0 Å². The highest BCUT2D eigenvalue weighted by Gasteiger charge is 1.98. The maximum atomic E-state index is 9.95. The number of hydrogen-bond donors (Lipinski definition) is 0. The van der Waals surface area contributed by atoms with E-state index < -0.39 is 28.3 Å². The minimum absolute atomic E-state index is 0. The molecule has 0 aromatic heterocycles. The average Bonchev–Trinajstić information content (AvgIpc) is 2.15. The van der Waals surface area contributed by atoms with Crippen LogP contribution >= 0.6 is 7.82 Å². The Labute approximate surface area is 112 Å². The molecule has 0 spiro atoms. The molecule has 122 valence electrons. The zero-order chi connectivity index (χ0) is 15.6. The molecule has 0 radical (unpaired) electrons. The zero-order valence-electron chi connectivity index (χ0n) is 9.75. The summed E-state index contributed by atoms with van der Waals surface area (Å²) in [5.41, 5.74) is 0. The molecule has 0 N–H and O–H groups in total. The van der Waals surface area contributed by atoms with Crippen LogP contribution in [0.1, 0.15) is 7.43 Å². The highest BCUT2D eigenvalue weighted by Crippen LogP contribution is 2.34. The van der Waals surface area contributed by atoms with Crippen molar-refractivity contribution in [3.05, 3.63) is 0 Å². The molecule has 0 bridgehead atoms. The zero-order valence-corrected chi connectivity index (χ0v) is 12.3. The van der Waals surface area contributed by atoms with Crippen molar-refractivity contribution in [3.8, 4) is 0 Å². The summed E-state index contributed by atoms with van der Waals surface area (Å²) in [7, 11) is -9.35. The van der Waals surface area contributed by atoms with Gasteiger partial charge in [-0.1, -0.05) is 7.43 Å². The van der Waals surface area contributed by atoms with E-state index in [1.807, 2.05) is 0 Å². The van der Waals surface area contributed by atoms with Gasteiger partial charge < -0.3 is 23.0 Å². The molecule has 0 aliphatic carbocycles. The summed E-state index contributed by atoms with van der Waals surface area (Å²) in [6, 6.07) is 0. The van der Waals surface area contributed by atoms with Gasteiger partial charge >= 0.3 is 0 Å². The van der Waals surface area contributed by atoms with E-state index in [4.69, 9.17) is 13.0 Å². The van der Waals surface area contributed by atoms with Gasteiger partial charge in [0.2, 0.25) is 10.4 Å². The second-order valence-corrected chi connectivity index (χ2v) is 6.27. The van der Waals surface area contributed by atoms with Gasteiger partial charge in [0.1, 0.15) is 0 Å². The predicted octanol–water partition coefficient (Wildman–Crippen LogP) is -1.36. The fourth-order valence-corrected chi connectivity index (χ4v) is 0.224. The van der Waals surface area contributed by atoms with Gasteiger partial charge in [-0.25, -0.2) is 16.8 Å². The molecule has 0 aliphatic heterocycles. The first kappa shape index (κ1) is 27.3. The highest BCUT2D eigenvalue weighted by atomic mass is 32.3. The molecule has 0 aromatic rings. The monoisotopic (exact) mass is 347 g/mol. The quantitative estimate of drug-likeness (QED) is 0.333. The van der Waals surface area contributed by atoms with Gasteiger partial charge in [-0.2, -0.15) is 0 Å². The minimum Gasteiger partial charge on any atom is -0.756 e. The topological polar surface area (TPSA) is 182 Å². The van der Waals surface area contributed by atoms with Gasteiger partial charge in [-0.05, 0) is 0 Å². The first-order valence-corrected chi connectivity index (χ1v) is 8.14. The molecule has 0 unspecified atom stereocenters. The van der Waals surface area contributed by atoms with E-state index >= 15 is 0 Å². The lowest BCUT2D eigenvalue weighted by Crippen LogP contribution is -2.02. The molecule has 19 heavy (non-hydrogen) atoms. The largest absolute Gasteiger partial charge is 0.756 e. The Balaban J connectivity index is -0.0000000878. The van der Waals surface area contributed by atoms with Crippen molar-refractivity contribution in [2.24, 2.45) is 0 Å². The third kappa shape index (κ3) is 57.2. The maximum Gasteiger partial charge on any atom is 0.267 e. The molecule has 0 saturated carbocycles. The number of rotatable bonds is 3. The van der Waals surface area contributed by atoms with E-state index in [0.717, 1.165) is 21.3 Å². The van der Waals surface area contributed by atoms with Crippen molar-refractivity contribution in [3.63, 3.8) is 0 Å². The molecule has 0 atom stereocenters. The number of phosphoric acid groups is 1. The van der Waals surface area contributed by atoms with Gasteiger partial charge in [-0.15, -0.1) is 0 Å². The molecule has 0 fully saturated rings. The van der Waals surface area contributed by atoms with Crippen LogP contribution < -0.4 is 4.89 Å². The lowest BCUT2D eigenvalue weighted by atomic mass is 11.8. The lowest BCUT2D eigenvalue weighted by molar-refractivity contribution is -0.220. The Kier molecular flexibility index (Phi) is 16.8. The van der Waals surface area contributed by atoms with Crippen LogP contribution in [0.5, 0.6) is 0 Å². The van der Waals surface area contributed by atoms with Crippen LogP contribution in [0, 0.1) is 0 Å². The van der Waals surface area contributed by atoms with Gasteiger partial charge in [0.15, 0.2) is 0 Å². The Morgan fingerprint density at radius 1 is 0.947 bits per heavy atom. The number of phosphoric ester groups is 1. The second-order valence-electron chi connectivity index (χ2n) is 2.09. The van der Waals surface area contributed by atoms with E-state index in [1.54, 1.807) is 0 Å². The summed E-state index contributed by atoms with van der Waals surface area (Å²) in [6.45, 7) is 0. The van der Waals surface area contributed by atoms with E-state index in [1.165, 1.54) is 0 Å². The van der Waals surface area contributed by atoms with Crippen molar-refractivity contribution in [2.75, 3.05) is 27.6 Å². The van der Waals surface area contributed by atoms with Crippen molar-refractivity contribution >= 4 is 28.3 Å². The Bertz CT molecular complexity index is 422. The first-order chi connectivity index (χ1) is 7.68. The molecular weight excluding hydrogens is 331 g/mol. The Hall–Kier alpha value is -0.110. The molecule has 0 aromatic carbocycles. The van der Waals surface area contributed by atoms with Crippen LogP contribution in [0.25, 0.3) is 0 Å². The molecular formula is C5H16O11PS2-3. The fraction of sp³-hybridized carbons (Fsp3) is 1.00. The molecule has 0 aliphatic rings. The van der Waals surface area contributed by atoms with Crippen LogP contribution in [-0.2, 0) is 38.3 Å². The summed E-state index contributed by atoms with van der Waals surface area (Å²) >= 11 is 0. The van der Waals surface area contributed by atoms with Crippen molar-refractivity contribution in [2.45, 2.75) is 7.43 Å². The maximum absolute atomic E-state index is 9.95. The van der Waals surface area contributed by atoms with Gasteiger partial charge in [0.25, 0.3) is 7.82 Å². The Morgan fingerprint density at radius 2 is 1.11 bits per heavy atom. The standard InChI is InChI=1S/C2H7O4P.CH4O4S.CH4O3S.CH4/c1-5-7(3,4)6-2;1-5-6(2,3)4;1-5(2,3)4;/h1-2H3,(H,3,4);1H3,(H,2,3,4);1H3,(H,2,3,4);1H4/p-3. The van der Waals surface area contributed by atoms with Crippen LogP contribution in [0.3, 0.4) is 0 Å². The summed E-state index contributed by atoms with van der Waals surface area (Å²) in [4.78, 5) is 9.95. The SMILES string of the molecule is C.COP(=O)([O-])OC.COS(=O)(=O)[O-].CS(=O)(=O)[O-]. The van der Waals surface area contributed by atoms with Gasteiger partial charge in [0, 0.05) is 20.5 Å². The van der Waals surface area contributed by atoms with E-state index in [9.17, 15) is 22.4 Å². The third-order valence-corrected chi connectivity index (χ3v) is 1.95. The second kappa shape index (κ2) is 11.7. The predicted molar refractivity (Wildman–Crippen MR) is 60.7 cm³/mol. The average molecular weight is 347 g/mol. The van der Waals surface area contributed by atoms with Gasteiger partial charge in [0.05, 0.1) is 17.2 Å². The fourth-order valence-electron chi connectivity index (χ4n) is 0.0745. The summed E-state index contributed by atoms with van der Waals surface area (Å²) in [6.07, 6.45) is 0.604. The smallest absolute Gasteiger partial charge is 0.267 e.